The fourth-order valence-corrected chi connectivity index (χ4v) is 5.43. The number of hydrogen-bond acceptors (Lipinski definition) is 10. The number of nitrogens with zero attached hydrogens (tertiary/aromatic N) is 2. The van der Waals surface area contributed by atoms with E-state index in [-0.39, 0.29) is 36.8 Å². The summed E-state index contributed by atoms with van der Waals surface area (Å²) in [6.45, 7) is 0. The van der Waals surface area contributed by atoms with E-state index < -0.39 is 35.6 Å². The molecule has 2 saturated heterocycles. The van der Waals surface area contributed by atoms with Crippen molar-refractivity contribution in [3.63, 3.8) is 0 Å². The molecule has 0 unspecified atom stereocenters. The first kappa shape index (κ1) is 23.5. The zero-order valence-corrected chi connectivity index (χ0v) is 19.1. The highest BCUT2D eigenvalue weighted by Gasteiger charge is 2.35. The van der Waals surface area contributed by atoms with Crippen molar-refractivity contribution in [1.29, 1.82) is 0 Å². The quantitative estimate of drug-likeness (QED) is 0.413. The lowest BCUT2D eigenvalue weighted by molar-refractivity contribution is -0.173. The van der Waals surface area contributed by atoms with Gasteiger partial charge in [-0.3, -0.25) is 19.2 Å². The third-order valence-electron chi connectivity index (χ3n) is 4.80. The van der Waals surface area contributed by atoms with Crippen molar-refractivity contribution >= 4 is 57.2 Å². The van der Waals surface area contributed by atoms with Gasteiger partial charge in [0.15, 0.2) is 0 Å². The van der Waals surface area contributed by atoms with Gasteiger partial charge in [0.1, 0.15) is 0 Å². The van der Waals surface area contributed by atoms with Crippen LogP contribution in [0.2, 0.25) is 0 Å². The molecule has 0 radical (unpaired) electrons. The molecule has 12 heteroatoms. The maximum atomic E-state index is 12.6. The van der Waals surface area contributed by atoms with Crippen LogP contribution in [0.25, 0.3) is 0 Å². The third kappa shape index (κ3) is 4.97. The van der Waals surface area contributed by atoms with E-state index in [0.29, 0.717) is 19.9 Å². The molecule has 2 aromatic carbocycles. The molecule has 4 rings (SSSR count). The molecule has 174 valence electrons. The zero-order chi connectivity index (χ0) is 24.2. The van der Waals surface area contributed by atoms with Crippen molar-refractivity contribution < 1.29 is 38.4 Å². The fraction of sp³-hybridized carbons (Fsp3) is 0.182. The zero-order valence-electron chi connectivity index (χ0n) is 17.4. The van der Waals surface area contributed by atoms with Gasteiger partial charge in [-0.25, -0.2) is 9.59 Å². The Kier molecular flexibility index (Phi) is 6.98. The minimum Gasteiger partial charge on any atom is -0.325 e. The van der Waals surface area contributed by atoms with E-state index in [4.69, 9.17) is 9.68 Å². The first-order valence-corrected chi connectivity index (χ1v) is 12.2. The number of hydroxylamine groups is 4. The molecule has 0 N–H and O–H groups in total. The van der Waals surface area contributed by atoms with Gasteiger partial charge in [0, 0.05) is 35.5 Å². The van der Waals surface area contributed by atoms with Gasteiger partial charge in [-0.1, -0.05) is 45.9 Å². The van der Waals surface area contributed by atoms with Crippen molar-refractivity contribution in [1.82, 2.24) is 10.1 Å². The van der Waals surface area contributed by atoms with E-state index in [1.807, 2.05) is 0 Å². The largest absolute Gasteiger partial charge is 0.365 e. The molecule has 0 aliphatic carbocycles. The van der Waals surface area contributed by atoms with Crippen molar-refractivity contribution in [2.24, 2.45) is 0 Å². The maximum Gasteiger partial charge on any atom is 0.365 e. The first-order chi connectivity index (χ1) is 16.3. The first-order valence-electron chi connectivity index (χ1n) is 10.0. The van der Waals surface area contributed by atoms with Crippen LogP contribution in [0.1, 0.15) is 46.4 Å². The summed E-state index contributed by atoms with van der Waals surface area (Å²) in [5.74, 6) is -4.07. The predicted octanol–water partition coefficient (Wildman–Crippen LogP) is 2.93. The summed E-state index contributed by atoms with van der Waals surface area (Å²) in [6, 6.07) is 12.9. The third-order valence-corrected chi connectivity index (χ3v) is 7.28. The summed E-state index contributed by atoms with van der Waals surface area (Å²) in [4.78, 5) is 83.1. The van der Waals surface area contributed by atoms with Gasteiger partial charge in [0.05, 0.1) is 11.1 Å². The monoisotopic (exact) mass is 500 g/mol. The Labute approximate surface area is 200 Å². The van der Waals surface area contributed by atoms with E-state index >= 15 is 0 Å². The SMILES string of the molecule is O=C(ON1C(=O)CCC1=O)c1ccccc1SSc1ccccc1C(=O)ON1C(=O)CCC1=O. The molecule has 2 aromatic rings. The molecule has 0 bridgehead atoms. The van der Waals surface area contributed by atoms with Gasteiger partial charge in [-0.2, -0.15) is 0 Å². The lowest BCUT2D eigenvalue weighted by Crippen LogP contribution is -2.32. The molecule has 2 aliphatic heterocycles. The molecule has 0 spiro atoms. The minimum absolute atomic E-state index is 0.0140. The number of hydrogen-bond donors (Lipinski definition) is 0. The molecule has 10 nitrogen and oxygen atoms in total. The lowest BCUT2D eigenvalue weighted by atomic mass is 10.2. The topological polar surface area (TPSA) is 127 Å². The van der Waals surface area contributed by atoms with Crippen LogP contribution < -0.4 is 0 Å². The smallest absolute Gasteiger partial charge is 0.325 e. The molecule has 2 heterocycles. The van der Waals surface area contributed by atoms with Crippen molar-refractivity contribution in [3.8, 4) is 0 Å². The number of carbonyl (C=O) groups is 6. The van der Waals surface area contributed by atoms with Crippen LogP contribution in [-0.4, -0.2) is 45.7 Å². The maximum absolute atomic E-state index is 12.6. The Morgan fingerprint density at radius 3 is 1.26 bits per heavy atom. The molecule has 0 aromatic heterocycles. The van der Waals surface area contributed by atoms with E-state index in [2.05, 4.69) is 0 Å². The highest BCUT2D eigenvalue weighted by molar-refractivity contribution is 8.76. The van der Waals surface area contributed by atoms with Crippen LogP contribution >= 0.6 is 21.6 Å². The second kappa shape index (κ2) is 10.1. The Hall–Kier alpha value is -3.64. The highest BCUT2D eigenvalue weighted by atomic mass is 33.1. The van der Waals surface area contributed by atoms with Gasteiger partial charge in [0.25, 0.3) is 23.6 Å². The van der Waals surface area contributed by atoms with E-state index in [9.17, 15) is 28.8 Å². The van der Waals surface area contributed by atoms with E-state index in [0.717, 1.165) is 21.6 Å². The Morgan fingerprint density at radius 2 is 0.912 bits per heavy atom. The normalized spacial score (nSPS) is 15.8. The summed E-state index contributed by atoms with van der Waals surface area (Å²) in [5, 5.41) is 0.951. The van der Waals surface area contributed by atoms with Gasteiger partial charge < -0.3 is 9.68 Å². The molecule has 4 amide bonds. The minimum atomic E-state index is -0.869. The van der Waals surface area contributed by atoms with Gasteiger partial charge >= 0.3 is 11.9 Å². The number of rotatable bonds is 7. The number of amides is 4. The second-order valence-electron chi connectivity index (χ2n) is 7.08. The Balaban J connectivity index is 1.47. The molecular weight excluding hydrogens is 484 g/mol. The summed E-state index contributed by atoms with van der Waals surface area (Å²) in [6.07, 6.45) is -0.0561. The molecule has 34 heavy (non-hydrogen) atoms. The van der Waals surface area contributed by atoms with E-state index in [1.54, 1.807) is 36.4 Å². The molecule has 2 aliphatic rings. The van der Waals surface area contributed by atoms with Crippen LogP contribution in [0, 0.1) is 0 Å². The molecular formula is C22H16N2O8S2. The number of carbonyl (C=O) groups excluding carboxylic acids is 6. The van der Waals surface area contributed by atoms with Crippen molar-refractivity contribution in [2.45, 2.75) is 35.5 Å². The van der Waals surface area contributed by atoms with E-state index in [1.165, 1.54) is 12.1 Å². The second-order valence-corrected chi connectivity index (χ2v) is 9.29. The molecule has 2 fully saturated rings. The number of imide groups is 2. The van der Waals surface area contributed by atoms with Crippen molar-refractivity contribution in [2.75, 3.05) is 0 Å². The van der Waals surface area contributed by atoms with Crippen LogP contribution in [-0.2, 0) is 28.9 Å². The summed E-state index contributed by atoms with van der Waals surface area (Å²) < 4.78 is 0. The van der Waals surface area contributed by atoms with Gasteiger partial charge in [-0.05, 0) is 24.3 Å². The molecule has 0 saturated carbocycles. The Morgan fingerprint density at radius 1 is 0.588 bits per heavy atom. The fourth-order valence-electron chi connectivity index (χ4n) is 3.09. The lowest BCUT2D eigenvalue weighted by Gasteiger charge is -2.15. The average molecular weight is 501 g/mol. The summed E-state index contributed by atoms with van der Waals surface area (Å²) in [7, 11) is 2.27. The van der Waals surface area contributed by atoms with Crippen LogP contribution in [0.5, 0.6) is 0 Å². The highest BCUT2D eigenvalue weighted by Crippen LogP contribution is 2.41. The van der Waals surface area contributed by atoms with Crippen LogP contribution in [0.3, 0.4) is 0 Å². The average Bonchev–Trinajstić information content (AvgIpc) is 3.33. The number of benzene rings is 2. The van der Waals surface area contributed by atoms with Crippen LogP contribution in [0.4, 0.5) is 0 Å². The summed E-state index contributed by atoms with van der Waals surface area (Å²) in [5.41, 5.74) is 0.252. The molecule has 0 atom stereocenters. The predicted molar refractivity (Wildman–Crippen MR) is 118 cm³/mol. The van der Waals surface area contributed by atoms with Crippen LogP contribution in [0.15, 0.2) is 58.3 Å². The summed E-state index contributed by atoms with van der Waals surface area (Å²) >= 11 is 0. The Bertz CT molecular complexity index is 1090. The van der Waals surface area contributed by atoms with Gasteiger partial charge in [0.2, 0.25) is 0 Å². The van der Waals surface area contributed by atoms with Crippen molar-refractivity contribution in [3.05, 3.63) is 59.7 Å². The standard InChI is InChI=1S/C22H16N2O8S2/c25-17-9-10-18(26)23(17)31-21(29)13-5-1-3-7-15(13)33-34-16-8-4-2-6-14(16)22(30)32-24-19(27)11-12-20(24)28/h1-8H,9-12H2. The van der Waals surface area contributed by atoms with Gasteiger partial charge in [-0.15, -0.1) is 10.1 Å².